The fourth-order valence-corrected chi connectivity index (χ4v) is 0.739. The van der Waals surface area contributed by atoms with Gasteiger partial charge >= 0.3 is 0 Å². The van der Waals surface area contributed by atoms with Crippen molar-refractivity contribution in [3.63, 3.8) is 0 Å². The van der Waals surface area contributed by atoms with Crippen molar-refractivity contribution >= 4 is 20.2 Å². The van der Waals surface area contributed by atoms with E-state index in [0.717, 1.165) is 6.61 Å². The van der Waals surface area contributed by atoms with Gasteiger partial charge in [0.25, 0.3) is 20.2 Å². The zero-order chi connectivity index (χ0) is 13.4. The van der Waals surface area contributed by atoms with E-state index in [2.05, 4.69) is 6.92 Å². The van der Waals surface area contributed by atoms with Crippen LogP contribution >= 0.6 is 0 Å². The molecule has 0 aliphatic carbocycles. The minimum atomic E-state index is -3.67. The molecule has 0 spiro atoms. The second kappa shape index (κ2) is 7.96. The van der Waals surface area contributed by atoms with Crippen LogP contribution in [-0.4, -0.2) is 51.2 Å². The molecule has 1 fully saturated rings. The lowest BCUT2D eigenvalue weighted by molar-refractivity contribution is 0.125. The van der Waals surface area contributed by atoms with Crippen molar-refractivity contribution < 1.29 is 30.7 Å². The van der Waals surface area contributed by atoms with E-state index in [1.807, 2.05) is 0 Å². The van der Waals surface area contributed by atoms with Crippen molar-refractivity contribution in [1.82, 2.24) is 0 Å². The summed E-state index contributed by atoms with van der Waals surface area (Å²) in [5, 5.41) is 0. The number of hydrogen-bond acceptors (Lipinski definition) is 5. The van der Waals surface area contributed by atoms with Crippen LogP contribution in [-0.2, 0) is 25.0 Å². The summed E-state index contributed by atoms with van der Waals surface area (Å²) in [6, 6.07) is 0. The minimum Gasteiger partial charge on any atom is -0.379 e. The third-order valence-electron chi connectivity index (χ3n) is 1.16. The van der Waals surface area contributed by atoms with Gasteiger partial charge in [0.15, 0.2) is 0 Å². The molecule has 7 nitrogen and oxygen atoms in total. The largest absolute Gasteiger partial charge is 0.379 e. The van der Waals surface area contributed by atoms with Gasteiger partial charge in [-0.15, -0.1) is 0 Å². The average Bonchev–Trinajstić information content (AvgIpc) is 2.30. The summed E-state index contributed by atoms with van der Waals surface area (Å²) >= 11 is 0. The minimum absolute atomic E-state index is 0.546. The SMILES string of the molecule is CC1CCCO1.CS(=O)(=O)O.CS(=O)(=O)O. The van der Waals surface area contributed by atoms with Crippen molar-refractivity contribution in [2.75, 3.05) is 19.1 Å². The monoisotopic (exact) mass is 278 g/mol. The molecule has 0 aromatic rings. The first-order chi connectivity index (χ1) is 6.89. The molecule has 0 aromatic heterocycles. The van der Waals surface area contributed by atoms with Crippen LogP contribution in [0.4, 0.5) is 0 Å². The van der Waals surface area contributed by atoms with Gasteiger partial charge < -0.3 is 4.74 Å². The molecule has 9 heteroatoms. The third kappa shape index (κ3) is 49.0. The molecule has 1 heterocycles. The van der Waals surface area contributed by atoms with Crippen LogP contribution in [0.2, 0.25) is 0 Å². The van der Waals surface area contributed by atoms with E-state index in [1.54, 1.807) is 0 Å². The molecule has 1 saturated heterocycles. The van der Waals surface area contributed by atoms with Crippen molar-refractivity contribution in [2.24, 2.45) is 0 Å². The highest BCUT2D eigenvalue weighted by atomic mass is 32.2. The van der Waals surface area contributed by atoms with Crippen LogP contribution in [0.3, 0.4) is 0 Å². The van der Waals surface area contributed by atoms with Crippen molar-refractivity contribution in [3.8, 4) is 0 Å². The van der Waals surface area contributed by atoms with Crippen LogP contribution in [0.25, 0.3) is 0 Å². The van der Waals surface area contributed by atoms with Crippen LogP contribution in [0, 0.1) is 0 Å². The van der Waals surface area contributed by atoms with Gasteiger partial charge in [-0.3, -0.25) is 9.11 Å². The molecule has 0 bridgehead atoms. The molecular weight excluding hydrogens is 260 g/mol. The average molecular weight is 278 g/mol. The van der Waals surface area contributed by atoms with Crippen molar-refractivity contribution in [2.45, 2.75) is 25.9 Å². The Balaban J connectivity index is 0. The Kier molecular flexibility index (Phi) is 9.03. The normalized spacial score (nSPS) is 20.2. The number of ether oxygens (including phenoxy) is 1. The van der Waals surface area contributed by atoms with E-state index in [9.17, 15) is 16.8 Å². The molecule has 1 aliphatic heterocycles. The quantitative estimate of drug-likeness (QED) is 0.607. The first-order valence-corrected chi connectivity index (χ1v) is 8.05. The zero-order valence-electron chi connectivity index (χ0n) is 9.45. The number of hydrogen-bond donors (Lipinski definition) is 2. The highest BCUT2D eigenvalue weighted by molar-refractivity contribution is 7.85. The highest BCUT2D eigenvalue weighted by Crippen LogP contribution is 2.09. The lowest BCUT2D eigenvalue weighted by Gasteiger charge is -1.94. The van der Waals surface area contributed by atoms with Gasteiger partial charge in [-0.05, 0) is 19.8 Å². The third-order valence-corrected chi connectivity index (χ3v) is 1.16. The fourth-order valence-electron chi connectivity index (χ4n) is 0.739. The van der Waals surface area contributed by atoms with Crippen LogP contribution in [0.15, 0.2) is 0 Å². The molecule has 0 aromatic carbocycles. The van der Waals surface area contributed by atoms with E-state index < -0.39 is 20.2 Å². The molecule has 1 aliphatic rings. The van der Waals surface area contributed by atoms with E-state index in [1.165, 1.54) is 12.8 Å². The molecule has 1 unspecified atom stereocenters. The smallest absolute Gasteiger partial charge is 0.261 e. The Morgan fingerprint density at radius 2 is 1.38 bits per heavy atom. The van der Waals surface area contributed by atoms with Crippen molar-refractivity contribution in [3.05, 3.63) is 0 Å². The molecule has 0 radical (unpaired) electrons. The maximum atomic E-state index is 9.19. The maximum absolute atomic E-state index is 9.19. The maximum Gasteiger partial charge on any atom is 0.261 e. The molecule has 100 valence electrons. The van der Waals surface area contributed by atoms with Gasteiger partial charge in [0.1, 0.15) is 0 Å². The zero-order valence-corrected chi connectivity index (χ0v) is 11.1. The Labute approximate surface area is 96.3 Å². The predicted molar refractivity (Wildman–Crippen MR) is 59.6 cm³/mol. The van der Waals surface area contributed by atoms with E-state index in [0.29, 0.717) is 18.6 Å². The van der Waals surface area contributed by atoms with Gasteiger partial charge in [0.2, 0.25) is 0 Å². The van der Waals surface area contributed by atoms with Gasteiger partial charge in [-0.2, -0.15) is 16.8 Å². The Hall–Kier alpha value is -0.220. The second-order valence-corrected chi connectivity index (χ2v) is 6.22. The topological polar surface area (TPSA) is 118 Å². The molecular formula is C7H18O7S2. The summed E-state index contributed by atoms with van der Waals surface area (Å²) in [4.78, 5) is 0. The Morgan fingerprint density at radius 1 is 1.06 bits per heavy atom. The molecule has 16 heavy (non-hydrogen) atoms. The summed E-state index contributed by atoms with van der Waals surface area (Å²) in [5.74, 6) is 0. The first-order valence-electron chi connectivity index (χ1n) is 4.36. The molecule has 0 saturated carbocycles. The fraction of sp³-hybridized carbons (Fsp3) is 1.00. The Bertz CT molecular complexity index is 304. The standard InChI is InChI=1S/C5H10O.2CH4O3S/c1-5-3-2-4-6-5;2*1-5(2,3)4/h5H,2-4H2,1H3;2*1H3,(H,2,3,4). The molecule has 0 amide bonds. The summed E-state index contributed by atoms with van der Waals surface area (Å²) in [6.45, 7) is 3.11. The number of rotatable bonds is 0. The van der Waals surface area contributed by atoms with E-state index >= 15 is 0 Å². The van der Waals surface area contributed by atoms with Gasteiger partial charge in [-0.1, -0.05) is 0 Å². The van der Waals surface area contributed by atoms with E-state index in [-0.39, 0.29) is 0 Å². The molecule has 1 rings (SSSR count). The molecule has 2 N–H and O–H groups in total. The summed E-state index contributed by atoms with van der Waals surface area (Å²) in [5.41, 5.74) is 0. The van der Waals surface area contributed by atoms with Crippen LogP contribution in [0.1, 0.15) is 19.8 Å². The lowest BCUT2D eigenvalue weighted by atomic mass is 10.3. The van der Waals surface area contributed by atoms with Gasteiger partial charge in [0.05, 0.1) is 18.6 Å². The van der Waals surface area contributed by atoms with Crippen molar-refractivity contribution in [1.29, 1.82) is 0 Å². The first kappa shape index (κ1) is 18.2. The van der Waals surface area contributed by atoms with E-state index in [4.69, 9.17) is 13.8 Å². The lowest BCUT2D eigenvalue weighted by Crippen LogP contribution is -1.94. The summed E-state index contributed by atoms with van der Waals surface area (Å²) in [6.07, 6.45) is 4.51. The van der Waals surface area contributed by atoms with Crippen LogP contribution < -0.4 is 0 Å². The van der Waals surface area contributed by atoms with Gasteiger partial charge in [-0.25, -0.2) is 0 Å². The predicted octanol–water partition coefficient (Wildman–Crippen LogP) is 0.193. The van der Waals surface area contributed by atoms with Gasteiger partial charge in [0, 0.05) is 6.61 Å². The Morgan fingerprint density at radius 3 is 1.44 bits per heavy atom. The highest BCUT2D eigenvalue weighted by Gasteiger charge is 2.07. The van der Waals surface area contributed by atoms with Crippen LogP contribution in [0.5, 0.6) is 0 Å². The molecule has 1 atom stereocenters. The second-order valence-electron chi connectivity index (χ2n) is 3.29. The summed E-state index contributed by atoms with van der Waals surface area (Å²) in [7, 11) is -7.33. The summed E-state index contributed by atoms with van der Waals surface area (Å²) < 4.78 is 56.9.